The van der Waals surface area contributed by atoms with E-state index in [9.17, 15) is 4.79 Å². The van der Waals surface area contributed by atoms with E-state index < -0.39 is 5.79 Å². The Kier molecular flexibility index (Phi) is 10.9. The Morgan fingerprint density at radius 2 is 1.54 bits per heavy atom. The SMILES string of the molecule is CCC(C)n1ncn(-c2ccc(N3CCN(c4ccc(OC[C@@H]5CO[C@@](CSc6ncn(C(C)C)n6)(c6ccc(Cl)cc6)O5)cc4)CC3)cc2)c1=O. The Labute approximate surface area is 313 Å². The van der Waals surface area contributed by atoms with Crippen molar-refractivity contribution >= 4 is 34.7 Å². The molecule has 5 aromatic rings. The molecule has 2 fully saturated rings. The second-order valence-electron chi connectivity index (χ2n) is 13.5. The van der Waals surface area contributed by atoms with Gasteiger partial charge in [0.15, 0.2) is 0 Å². The lowest BCUT2D eigenvalue weighted by Gasteiger charge is -2.37. The number of halogens is 1. The first-order valence-electron chi connectivity index (χ1n) is 17.8. The van der Waals surface area contributed by atoms with Gasteiger partial charge in [0.25, 0.3) is 0 Å². The van der Waals surface area contributed by atoms with Crippen molar-refractivity contribution in [3.8, 4) is 11.4 Å². The molecule has 1 unspecified atom stereocenters. The fourth-order valence-corrected chi connectivity index (χ4v) is 7.39. The van der Waals surface area contributed by atoms with Crippen LogP contribution >= 0.6 is 23.4 Å². The average molecular weight is 745 g/mol. The fraction of sp³-hybridized carbons (Fsp3) is 0.421. The van der Waals surface area contributed by atoms with Gasteiger partial charge in [-0.15, -0.1) is 5.10 Å². The molecule has 2 saturated heterocycles. The van der Waals surface area contributed by atoms with Crippen LogP contribution in [-0.2, 0) is 15.3 Å². The Morgan fingerprint density at radius 3 is 2.15 bits per heavy atom. The van der Waals surface area contributed by atoms with Crippen LogP contribution in [0.5, 0.6) is 5.75 Å². The highest BCUT2D eigenvalue weighted by atomic mass is 35.5. The summed E-state index contributed by atoms with van der Waals surface area (Å²) in [5.74, 6) is 0.284. The van der Waals surface area contributed by atoms with E-state index in [0.717, 1.165) is 61.0 Å². The predicted molar refractivity (Wildman–Crippen MR) is 204 cm³/mol. The highest BCUT2D eigenvalue weighted by Crippen LogP contribution is 2.39. The van der Waals surface area contributed by atoms with E-state index in [1.807, 2.05) is 60.1 Å². The van der Waals surface area contributed by atoms with Crippen LogP contribution in [0.3, 0.4) is 0 Å². The molecule has 3 atom stereocenters. The van der Waals surface area contributed by atoms with E-state index in [2.05, 4.69) is 70.0 Å². The van der Waals surface area contributed by atoms with Crippen molar-refractivity contribution in [3.63, 3.8) is 0 Å². The molecule has 2 aliphatic heterocycles. The monoisotopic (exact) mass is 744 g/mol. The number of hydrogen-bond acceptors (Lipinski definition) is 10. The summed E-state index contributed by atoms with van der Waals surface area (Å²) in [6.07, 6.45) is 3.94. The van der Waals surface area contributed by atoms with Gasteiger partial charge >= 0.3 is 5.69 Å². The van der Waals surface area contributed by atoms with Crippen LogP contribution in [0.25, 0.3) is 5.69 Å². The number of ether oxygens (including phenoxy) is 3. The third kappa shape index (κ3) is 7.87. The van der Waals surface area contributed by atoms with Gasteiger partial charge in [0.1, 0.15) is 31.1 Å². The van der Waals surface area contributed by atoms with Gasteiger partial charge in [-0.2, -0.15) is 5.10 Å². The van der Waals surface area contributed by atoms with Gasteiger partial charge in [-0.3, -0.25) is 0 Å². The number of nitrogens with zero attached hydrogens (tertiary/aromatic N) is 8. The van der Waals surface area contributed by atoms with Gasteiger partial charge in [0.2, 0.25) is 10.9 Å². The molecule has 0 N–H and O–H groups in total. The number of rotatable bonds is 13. The van der Waals surface area contributed by atoms with E-state index in [1.165, 1.54) is 11.8 Å². The van der Waals surface area contributed by atoms with Gasteiger partial charge < -0.3 is 24.0 Å². The third-order valence-electron chi connectivity index (χ3n) is 9.66. The zero-order chi connectivity index (χ0) is 36.2. The predicted octanol–water partition coefficient (Wildman–Crippen LogP) is 6.60. The molecule has 0 saturated carbocycles. The highest BCUT2D eigenvalue weighted by Gasteiger charge is 2.44. The number of benzene rings is 3. The lowest BCUT2D eigenvalue weighted by molar-refractivity contribution is -0.160. The lowest BCUT2D eigenvalue weighted by atomic mass is 10.1. The first-order chi connectivity index (χ1) is 25.2. The quantitative estimate of drug-likeness (QED) is 0.123. The number of anilines is 2. The minimum atomic E-state index is -0.975. The summed E-state index contributed by atoms with van der Waals surface area (Å²) < 4.78 is 24.1. The van der Waals surface area contributed by atoms with Crippen LogP contribution in [0.15, 0.2) is 95.4 Å². The van der Waals surface area contributed by atoms with Crippen LogP contribution in [0.2, 0.25) is 5.02 Å². The molecule has 3 aromatic carbocycles. The van der Waals surface area contributed by atoms with Crippen LogP contribution in [0.4, 0.5) is 11.4 Å². The van der Waals surface area contributed by atoms with Crippen molar-refractivity contribution < 1.29 is 14.2 Å². The van der Waals surface area contributed by atoms with Crippen molar-refractivity contribution in [2.45, 2.75) is 63.2 Å². The van der Waals surface area contributed by atoms with E-state index in [-0.39, 0.29) is 23.9 Å². The summed E-state index contributed by atoms with van der Waals surface area (Å²) in [4.78, 5) is 22.0. The van der Waals surface area contributed by atoms with E-state index in [0.29, 0.717) is 29.1 Å². The normalized spacial score (nSPS) is 19.8. The van der Waals surface area contributed by atoms with Gasteiger partial charge in [0, 0.05) is 54.2 Å². The molecule has 0 bridgehead atoms. The lowest BCUT2D eigenvalue weighted by Crippen LogP contribution is -2.46. The molecule has 14 heteroatoms. The van der Waals surface area contributed by atoms with Crippen LogP contribution in [0.1, 0.15) is 51.8 Å². The van der Waals surface area contributed by atoms with E-state index in [4.69, 9.17) is 25.8 Å². The molecule has 2 aliphatic rings. The largest absolute Gasteiger partial charge is 0.491 e. The zero-order valence-electron chi connectivity index (χ0n) is 30.0. The van der Waals surface area contributed by atoms with Crippen molar-refractivity contribution in [2.75, 3.05) is 54.9 Å². The number of hydrogen-bond donors (Lipinski definition) is 0. The minimum absolute atomic E-state index is 0.0672. The number of aromatic nitrogens is 6. The maximum atomic E-state index is 12.8. The summed E-state index contributed by atoms with van der Waals surface area (Å²) in [5, 5.41) is 10.2. The van der Waals surface area contributed by atoms with Crippen LogP contribution in [0, 0.1) is 0 Å². The van der Waals surface area contributed by atoms with E-state index in [1.54, 1.807) is 21.9 Å². The second kappa shape index (κ2) is 15.7. The van der Waals surface area contributed by atoms with Gasteiger partial charge in [0.05, 0.1) is 24.1 Å². The van der Waals surface area contributed by atoms with Gasteiger partial charge in [-0.05, 0) is 87.9 Å². The molecule has 274 valence electrons. The Bertz CT molecular complexity index is 1970. The number of piperazine rings is 1. The Morgan fingerprint density at radius 1 is 0.904 bits per heavy atom. The van der Waals surface area contributed by atoms with Crippen molar-refractivity contribution in [1.29, 1.82) is 0 Å². The van der Waals surface area contributed by atoms with Crippen LogP contribution < -0.4 is 20.2 Å². The fourth-order valence-electron chi connectivity index (χ4n) is 6.35. The Hall–Kier alpha value is -4.30. The second-order valence-corrected chi connectivity index (χ2v) is 14.9. The third-order valence-corrected chi connectivity index (χ3v) is 10.9. The molecule has 7 rings (SSSR count). The van der Waals surface area contributed by atoms with Crippen LogP contribution in [-0.4, -0.2) is 80.4 Å². The Balaban J connectivity index is 0.913. The first-order valence-corrected chi connectivity index (χ1v) is 19.2. The summed E-state index contributed by atoms with van der Waals surface area (Å²) in [6.45, 7) is 12.5. The summed E-state index contributed by atoms with van der Waals surface area (Å²) in [7, 11) is 0. The molecule has 0 amide bonds. The van der Waals surface area contributed by atoms with Crippen molar-refractivity contribution in [3.05, 3.63) is 107 Å². The average Bonchev–Trinajstić information content (AvgIpc) is 3.93. The molecule has 12 nitrogen and oxygen atoms in total. The molecule has 4 heterocycles. The molecule has 0 radical (unpaired) electrons. The highest BCUT2D eigenvalue weighted by molar-refractivity contribution is 7.99. The summed E-state index contributed by atoms with van der Waals surface area (Å²) in [6, 6.07) is 24.3. The van der Waals surface area contributed by atoms with Crippen molar-refractivity contribution in [2.24, 2.45) is 0 Å². The molecule has 0 spiro atoms. The summed E-state index contributed by atoms with van der Waals surface area (Å²) >= 11 is 7.70. The number of thioether (sulfide) groups is 1. The van der Waals surface area contributed by atoms with Crippen molar-refractivity contribution in [1.82, 2.24) is 29.1 Å². The molecule has 2 aromatic heterocycles. The summed E-state index contributed by atoms with van der Waals surface area (Å²) in [5.41, 5.74) is 3.90. The standard InChI is InChI=1S/C38H45ClN8O4S/c1-5-28(4)47-37(48)45(26-41-47)33-12-10-31(11-13-33)43-18-20-44(21-19-43)32-14-16-34(17-15-32)49-22-35-23-50-38(51-35,29-6-8-30(39)9-7-29)24-52-36-40-25-46(42-36)27(2)3/h6-17,25-28,35H,5,18-24H2,1-4H3/t28?,35-,38-/m1/s1. The van der Waals surface area contributed by atoms with Gasteiger partial charge in [-0.25, -0.2) is 23.7 Å². The first kappa shape index (κ1) is 36.1. The minimum Gasteiger partial charge on any atom is -0.491 e. The maximum Gasteiger partial charge on any atom is 0.350 e. The molecular weight excluding hydrogens is 700 g/mol. The molecule has 0 aliphatic carbocycles. The van der Waals surface area contributed by atoms with E-state index >= 15 is 0 Å². The molecular formula is C38H45ClN8O4S. The topological polar surface area (TPSA) is 105 Å². The smallest absolute Gasteiger partial charge is 0.350 e. The maximum absolute atomic E-state index is 12.8. The van der Waals surface area contributed by atoms with Gasteiger partial charge in [-0.1, -0.05) is 42.4 Å². The zero-order valence-corrected chi connectivity index (χ0v) is 31.5. The molecule has 52 heavy (non-hydrogen) atoms.